The van der Waals surface area contributed by atoms with Crippen LogP contribution in [0.2, 0.25) is 0 Å². The first-order chi connectivity index (χ1) is 15.8. The molecule has 2 aromatic heterocycles. The monoisotopic (exact) mass is 453 g/mol. The van der Waals surface area contributed by atoms with Crippen LogP contribution in [0.15, 0.2) is 17.1 Å². The number of rotatable bonds is 7. The summed E-state index contributed by atoms with van der Waals surface area (Å²) in [5.41, 5.74) is -0.0415. The van der Waals surface area contributed by atoms with Crippen LogP contribution in [0, 0.1) is 11.8 Å². The van der Waals surface area contributed by atoms with Crippen molar-refractivity contribution in [2.75, 3.05) is 6.54 Å². The van der Waals surface area contributed by atoms with Crippen molar-refractivity contribution < 1.29 is 14.7 Å². The summed E-state index contributed by atoms with van der Waals surface area (Å²) in [4.78, 5) is 40.6. The fourth-order valence-corrected chi connectivity index (χ4v) is 4.84. The first-order valence-electron chi connectivity index (χ1n) is 12.0. The van der Waals surface area contributed by atoms with Gasteiger partial charge in [0.2, 0.25) is 11.8 Å². The second kappa shape index (κ2) is 8.35. The zero-order valence-corrected chi connectivity index (χ0v) is 19.2. The van der Waals surface area contributed by atoms with Crippen LogP contribution in [0.1, 0.15) is 68.3 Å². The van der Waals surface area contributed by atoms with Crippen molar-refractivity contribution in [1.29, 1.82) is 0 Å². The van der Waals surface area contributed by atoms with E-state index in [1.165, 1.54) is 25.1 Å². The second-order valence-corrected chi connectivity index (χ2v) is 10.0. The largest absolute Gasteiger partial charge is 0.494 e. The molecule has 2 aromatic rings. The Morgan fingerprint density at radius 2 is 2.00 bits per heavy atom. The van der Waals surface area contributed by atoms with Gasteiger partial charge in [-0.2, -0.15) is 9.61 Å². The normalized spacial score (nSPS) is 20.9. The minimum Gasteiger partial charge on any atom is -0.494 e. The van der Waals surface area contributed by atoms with E-state index in [9.17, 15) is 19.5 Å². The average molecular weight is 454 g/mol. The molecule has 3 fully saturated rings. The maximum Gasteiger partial charge on any atom is 0.291 e. The van der Waals surface area contributed by atoms with Gasteiger partial charge < -0.3 is 15.3 Å². The Kier molecular flexibility index (Phi) is 5.50. The first-order valence-corrected chi connectivity index (χ1v) is 12.0. The number of aromatic hydroxyl groups is 1. The Morgan fingerprint density at radius 3 is 2.67 bits per heavy atom. The molecule has 33 heavy (non-hydrogen) atoms. The predicted molar refractivity (Wildman–Crippen MR) is 123 cm³/mol. The summed E-state index contributed by atoms with van der Waals surface area (Å²) in [5.74, 6) is -0.211. The smallest absolute Gasteiger partial charge is 0.291 e. The van der Waals surface area contributed by atoms with Crippen molar-refractivity contribution in [3.8, 4) is 5.88 Å². The van der Waals surface area contributed by atoms with Crippen molar-refractivity contribution in [2.24, 2.45) is 11.8 Å². The van der Waals surface area contributed by atoms with Crippen LogP contribution in [0.5, 0.6) is 5.88 Å². The van der Waals surface area contributed by atoms with Gasteiger partial charge in [0.15, 0.2) is 5.56 Å². The summed E-state index contributed by atoms with van der Waals surface area (Å²) in [5, 5.41) is 18.0. The van der Waals surface area contributed by atoms with E-state index in [1.807, 2.05) is 18.7 Å². The van der Waals surface area contributed by atoms with Gasteiger partial charge in [-0.3, -0.25) is 19.0 Å². The van der Waals surface area contributed by atoms with Crippen molar-refractivity contribution >= 4 is 23.5 Å². The van der Waals surface area contributed by atoms with Crippen molar-refractivity contribution in [3.05, 3.63) is 33.8 Å². The SMILES string of the molecule is CC(C)Cn1c(O)c(C(=O)NC2CC2)c(=O)n2ncc(/C=C/C(=O)N3CCCC3C3CC3)c12. The maximum absolute atomic E-state index is 13.1. The van der Waals surface area contributed by atoms with E-state index in [-0.39, 0.29) is 29.3 Å². The van der Waals surface area contributed by atoms with Gasteiger partial charge in [-0.15, -0.1) is 0 Å². The summed E-state index contributed by atoms with van der Waals surface area (Å²) in [6.07, 6.45) is 10.9. The quantitative estimate of drug-likeness (QED) is 0.625. The van der Waals surface area contributed by atoms with E-state index in [0.717, 1.165) is 36.7 Å². The number of hydrogen-bond donors (Lipinski definition) is 2. The number of carbonyl (C=O) groups excluding carboxylic acids is 2. The van der Waals surface area contributed by atoms with Crippen molar-refractivity contribution in [2.45, 2.75) is 71.0 Å². The molecule has 2 N–H and O–H groups in total. The van der Waals surface area contributed by atoms with Gasteiger partial charge in [0.1, 0.15) is 5.65 Å². The molecular weight excluding hydrogens is 422 g/mol. The van der Waals surface area contributed by atoms with E-state index in [2.05, 4.69) is 10.4 Å². The van der Waals surface area contributed by atoms with E-state index >= 15 is 0 Å². The first kappa shape index (κ1) is 21.7. The van der Waals surface area contributed by atoms with Crippen LogP contribution in [-0.2, 0) is 11.3 Å². The maximum atomic E-state index is 13.1. The van der Waals surface area contributed by atoms with Crippen LogP contribution >= 0.6 is 0 Å². The Morgan fingerprint density at radius 1 is 1.24 bits per heavy atom. The standard InChI is InChI=1S/C24H31N5O4/c1-14(2)13-28-22-16(7-10-19(30)27-11-3-4-18(27)15-5-6-15)12-25-29(22)24(33)20(23(28)32)21(31)26-17-8-9-17/h7,10,12,14-15,17-18,32H,3-6,8-9,11,13H2,1-2H3,(H,26,31)/b10-7+. The van der Waals surface area contributed by atoms with Gasteiger partial charge in [0, 0.05) is 36.8 Å². The lowest BCUT2D eigenvalue weighted by atomic mass is 10.1. The molecular formula is C24H31N5O4. The van der Waals surface area contributed by atoms with Gasteiger partial charge in [0.25, 0.3) is 11.5 Å². The van der Waals surface area contributed by atoms with Crippen LogP contribution in [0.4, 0.5) is 0 Å². The molecule has 1 atom stereocenters. The zero-order valence-electron chi connectivity index (χ0n) is 19.2. The molecule has 3 aliphatic rings. The molecule has 9 heteroatoms. The highest BCUT2D eigenvalue weighted by Gasteiger charge is 2.39. The van der Waals surface area contributed by atoms with Crippen molar-refractivity contribution in [3.63, 3.8) is 0 Å². The van der Waals surface area contributed by atoms with Crippen LogP contribution in [0.3, 0.4) is 0 Å². The number of nitrogens with zero attached hydrogens (tertiary/aromatic N) is 4. The fourth-order valence-electron chi connectivity index (χ4n) is 4.84. The van der Waals surface area contributed by atoms with E-state index in [0.29, 0.717) is 29.7 Å². The molecule has 0 spiro atoms. The van der Waals surface area contributed by atoms with E-state index in [1.54, 1.807) is 10.6 Å². The minimum absolute atomic E-state index is 0.0360. The molecule has 1 aliphatic heterocycles. The second-order valence-electron chi connectivity index (χ2n) is 10.0. The van der Waals surface area contributed by atoms with Crippen molar-refractivity contribution in [1.82, 2.24) is 24.4 Å². The lowest BCUT2D eigenvalue weighted by Gasteiger charge is -2.23. The number of amides is 2. The highest BCUT2D eigenvalue weighted by atomic mass is 16.3. The van der Waals surface area contributed by atoms with Gasteiger partial charge in [-0.25, -0.2) is 0 Å². The Hall–Kier alpha value is -3.10. The highest BCUT2D eigenvalue weighted by Crippen LogP contribution is 2.40. The Labute approximate surface area is 192 Å². The van der Waals surface area contributed by atoms with Crippen LogP contribution < -0.4 is 10.9 Å². The highest BCUT2D eigenvalue weighted by molar-refractivity contribution is 5.97. The lowest BCUT2D eigenvalue weighted by Crippen LogP contribution is -2.35. The number of likely N-dealkylation sites (tertiary alicyclic amines) is 1. The third-order valence-electron chi connectivity index (χ3n) is 6.75. The molecule has 0 aromatic carbocycles. The molecule has 9 nitrogen and oxygen atoms in total. The number of aromatic nitrogens is 3. The third-order valence-corrected chi connectivity index (χ3v) is 6.75. The molecule has 3 heterocycles. The molecule has 2 saturated carbocycles. The number of carbonyl (C=O) groups is 2. The van der Waals surface area contributed by atoms with Gasteiger partial charge in [0.05, 0.1) is 6.20 Å². The molecule has 1 unspecified atom stereocenters. The van der Waals surface area contributed by atoms with Gasteiger partial charge in [-0.1, -0.05) is 13.8 Å². The number of fused-ring (bicyclic) bond motifs is 1. The summed E-state index contributed by atoms with van der Waals surface area (Å²) >= 11 is 0. The van der Waals surface area contributed by atoms with E-state index < -0.39 is 11.5 Å². The number of nitrogens with one attached hydrogen (secondary N) is 1. The summed E-state index contributed by atoms with van der Waals surface area (Å²) in [6.45, 7) is 5.13. The molecule has 176 valence electrons. The van der Waals surface area contributed by atoms with Crippen LogP contribution in [0.25, 0.3) is 11.7 Å². The molecule has 2 aliphatic carbocycles. The van der Waals surface area contributed by atoms with E-state index in [4.69, 9.17) is 0 Å². The molecule has 5 rings (SSSR count). The average Bonchev–Trinajstić information content (AvgIpc) is 3.69. The summed E-state index contributed by atoms with van der Waals surface area (Å²) < 4.78 is 2.70. The summed E-state index contributed by atoms with van der Waals surface area (Å²) in [7, 11) is 0. The van der Waals surface area contributed by atoms with Crippen LogP contribution in [-0.4, -0.2) is 54.6 Å². The summed E-state index contributed by atoms with van der Waals surface area (Å²) in [6, 6.07) is 0.388. The fraction of sp³-hybridized carbons (Fsp3) is 0.583. The van der Waals surface area contributed by atoms with Gasteiger partial charge >= 0.3 is 0 Å². The Bertz CT molecular complexity index is 1190. The molecule has 0 bridgehead atoms. The Balaban J connectivity index is 1.51. The minimum atomic E-state index is -0.667. The van der Waals surface area contributed by atoms with Gasteiger partial charge in [-0.05, 0) is 56.4 Å². The third kappa shape index (κ3) is 4.16. The topological polar surface area (TPSA) is 109 Å². The lowest BCUT2D eigenvalue weighted by molar-refractivity contribution is -0.127. The predicted octanol–water partition coefficient (Wildman–Crippen LogP) is 2.16. The zero-order chi connectivity index (χ0) is 23.3. The molecule has 0 radical (unpaired) electrons. The molecule has 1 saturated heterocycles. The number of hydrogen-bond acceptors (Lipinski definition) is 5. The molecule has 2 amide bonds.